The monoisotopic (exact) mass is 340 g/mol. The number of carbonyl (C=O) groups excluding carboxylic acids is 1. The van der Waals surface area contributed by atoms with Crippen molar-refractivity contribution in [2.24, 2.45) is 0 Å². The summed E-state index contributed by atoms with van der Waals surface area (Å²) >= 11 is 0. The molecular weight excluding hydrogens is 316 g/mol. The minimum atomic E-state index is -1.05. The van der Waals surface area contributed by atoms with Crippen molar-refractivity contribution in [3.63, 3.8) is 0 Å². The van der Waals surface area contributed by atoms with Gasteiger partial charge in [-0.25, -0.2) is 9.59 Å². The SMILES string of the molecule is CC(CCc1ccccc1)NC(=O)N[C@H](Cc1ccccc1)C(=O)O. The molecule has 0 radical (unpaired) electrons. The minimum absolute atomic E-state index is 0.0497. The van der Waals surface area contributed by atoms with Gasteiger partial charge in [0.2, 0.25) is 0 Å². The molecule has 2 aromatic rings. The Labute approximate surface area is 148 Å². The molecule has 0 bridgehead atoms. The number of nitrogens with one attached hydrogen (secondary N) is 2. The minimum Gasteiger partial charge on any atom is -0.480 e. The summed E-state index contributed by atoms with van der Waals surface area (Å²) in [5, 5.41) is 14.7. The topological polar surface area (TPSA) is 78.4 Å². The molecule has 0 saturated heterocycles. The smallest absolute Gasteiger partial charge is 0.326 e. The molecule has 2 atom stereocenters. The first kappa shape index (κ1) is 18.5. The quantitative estimate of drug-likeness (QED) is 0.691. The molecule has 5 nitrogen and oxygen atoms in total. The van der Waals surface area contributed by atoms with Crippen molar-refractivity contribution in [3.8, 4) is 0 Å². The normalized spacial score (nSPS) is 12.8. The fourth-order valence-electron chi connectivity index (χ4n) is 2.57. The van der Waals surface area contributed by atoms with E-state index in [0.717, 1.165) is 18.4 Å². The van der Waals surface area contributed by atoms with Crippen molar-refractivity contribution in [2.45, 2.75) is 38.3 Å². The molecule has 0 spiro atoms. The van der Waals surface area contributed by atoms with E-state index >= 15 is 0 Å². The van der Waals surface area contributed by atoms with Gasteiger partial charge in [-0.15, -0.1) is 0 Å². The van der Waals surface area contributed by atoms with E-state index in [9.17, 15) is 14.7 Å². The largest absolute Gasteiger partial charge is 0.480 e. The van der Waals surface area contributed by atoms with Gasteiger partial charge < -0.3 is 15.7 Å². The maximum atomic E-state index is 12.1. The third-order valence-electron chi connectivity index (χ3n) is 3.97. The highest BCUT2D eigenvalue weighted by Crippen LogP contribution is 2.06. The van der Waals surface area contributed by atoms with Crippen LogP contribution >= 0.6 is 0 Å². The summed E-state index contributed by atoms with van der Waals surface area (Å²) in [5.74, 6) is -1.05. The average Bonchev–Trinajstić information content (AvgIpc) is 2.61. The average molecular weight is 340 g/mol. The Hall–Kier alpha value is -2.82. The fourth-order valence-corrected chi connectivity index (χ4v) is 2.57. The molecular formula is C20H24N2O3. The van der Waals surface area contributed by atoms with Crippen LogP contribution in [0.4, 0.5) is 4.79 Å². The van der Waals surface area contributed by atoms with Gasteiger partial charge in [0.05, 0.1) is 0 Å². The van der Waals surface area contributed by atoms with E-state index in [1.165, 1.54) is 5.56 Å². The summed E-state index contributed by atoms with van der Waals surface area (Å²) in [7, 11) is 0. The van der Waals surface area contributed by atoms with Gasteiger partial charge >= 0.3 is 12.0 Å². The molecule has 3 N–H and O–H groups in total. The van der Waals surface area contributed by atoms with Crippen molar-refractivity contribution < 1.29 is 14.7 Å². The van der Waals surface area contributed by atoms with Crippen LogP contribution in [0.15, 0.2) is 60.7 Å². The molecule has 0 aliphatic carbocycles. The Kier molecular flexibility index (Phi) is 7.01. The Morgan fingerprint density at radius 2 is 1.48 bits per heavy atom. The van der Waals surface area contributed by atoms with E-state index in [0.29, 0.717) is 0 Å². The molecule has 2 aromatic carbocycles. The van der Waals surface area contributed by atoms with Crippen LogP contribution < -0.4 is 10.6 Å². The second-order valence-corrected chi connectivity index (χ2v) is 6.12. The fraction of sp³-hybridized carbons (Fsp3) is 0.300. The van der Waals surface area contributed by atoms with Crippen LogP contribution in [0.5, 0.6) is 0 Å². The summed E-state index contributed by atoms with van der Waals surface area (Å²) in [6.07, 6.45) is 1.89. The highest BCUT2D eigenvalue weighted by Gasteiger charge is 2.21. The first-order chi connectivity index (χ1) is 12.0. The molecule has 0 aromatic heterocycles. The van der Waals surface area contributed by atoms with Gasteiger partial charge in [-0.05, 0) is 30.9 Å². The maximum Gasteiger partial charge on any atom is 0.326 e. The van der Waals surface area contributed by atoms with Crippen LogP contribution in [0.1, 0.15) is 24.5 Å². The Bertz CT molecular complexity index is 674. The highest BCUT2D eigenvalue weighted by molar-refractivity contribution is 5.82. The lowest BCUT2D eigenvalue weighted by Crippen LogP contribution is -2.49. The number of rotatable bonds is 8. The van der Waals surface area contributed by atoms with Crippen molar-refractivity contribution in [3.05, 3.63) is 71.8 Å². The number of urea groups is 1. The Balaban J connectivity index is 1.81. The molecule has 0 aliphatic heterocycles. The lowest BCUT2D eigenvalue weighted by atomic mass is 10.1. The predicted octanol–water partition coefficient (Wildman–Crippen LogP) is 3.00. The van der Waals surface area contributed by atoms with Crippen molar-refractivity contribution in [1.82, 2.24) is 10.6 Å². The number of aliphatic carboxylic acids is 1. The third-order valence-corrected chi connectivity index (χ3v) is 3.97. The highest BCUT2D eigenvalue weighted by atomic mass is 16.4. The number of aryl methyl sites for hydroxylation is 1. The molecule has 0 heterocycles. The summed E-state index contributed by atoms with van der Waals surface area (Å²) < 4.78 is 0. The summed E-state index contributed by atoms with van der Waals surface area (Å²) in [5.41, 5.74) is 2.08. The predicted molar refractivity (Wildman–Crippen MR) is 97.5 cm³/mol. The van der Waals surface area contributed by atoms with Gasteiger partial charge in [0.1, 0.15) is 6.04 Å². The van der Waals surface area contributed by atoms with Gasteiger partial charge in [0.25, 0.3) is 0 Å². The second kappa shape index (κ2) is 9.47. The lowest BCUT2D eigenvalue weighted by Gasteiger charge is -2.18. The standard InChI is InChI=1S/C20H24N2O3/c1-15(12-13-16-8-4-2-5-9-16)21-20(25)22-18(19(23)24)14-17-10-6-3-7-11-17/h2-11,15,18H,12-14H2,1H3,(H,23,24)(H2,21,22,25)/t15?,18-/m1/s1. The molecule has 2 rings (SSSR count). The summed E-state index contributed by atoms with van der Waals surface area (Å²) in [6, 6.07) is 17.8. The van der Waals surface area contributed by atoms with Gasteiger partial charge in [0, 0.05) is 12.5 Å². The van der Waals surface area contributed by atoms with E-state index in [4.69, 9.17) is 0 Å². The van der Waals surface area contributed by atoms with E-state index in [2.05, 4.69) is 10.6 Å². The molecule has 1 unspecified atom stereocenters. The number of benzene rings is 2. The van der Waals surface area contributed by atoms with Crippen molar-refractivity contribution in [1.29, 1.82) is 0 Å². The van der Waals surface area contributed by atoms with Gasteiger partial charge in [-0.3, -0.25) is 0 Å². The number of carboxylic acids is 1. The molecule has 132 valence electrons. The second-order valence-electron chi connectivity index (χ2n) is 6.12. The maximum absolute atomic E-state index is 12.1. The van der Waals surface area contributed by atoms with Crippen LogP contribution in [0.3, 0.4) is 0 Å². The molecule has 5 heteroatoms. The number of amides is 2. The molecule has 2 amide bonds. The van der Waals surface area contributed by atoms with Crippen LogP contribution in [0, 0.1) is 0 Å². The Morgan fingerprint density at radius 1 is 0.920 bits per heavy atom. The number of hydrogen-bond acceptors (Lipinski definition) is 2. The van der Waals surface area contributed by atoms with Crippen LogP contribution in [-0.2, 0) is 17.6 Å². The first-order valence-corrected chi connectivity index (χ1v) is 8.42. The Morgan fingerprint density at radius 3 is 2.04 bits per heavy atom. The van der Waals surface area contributed by atoms with Gasteiger partial charge in [-0.2, -0.15) is 0 Å². The van der Waals surface area contributed by atoms with Gasteiger partial charge in [-0.1, -0.05) is 60.7 Å². The van der Waals surface area contributed by atoms with Crippen LogP contribution in [-0.4, -0.2) is 29.2 Å². The van der Waals surface area contributed by atoms with E-state index in [-0.39, 0.29) is 12.5 Å². The molecule has 0 fully saturated rings. The van der Waals surface area contributed by atoms with Crippen LogP contribution in [0.25, 0.3) is 0 Å². The molecule has 25 heavy (non-hydrogen) atoms. The molecule has 0 saturated carbocycles. The first-order valence-electron chi connectivity index (χ1n) is 8.42. The zero-order valence-electron chi connectivity index (χ0n) is 14.3. The number of carboxylic acid groups (broad SMARTS) is 1. The summed E-state index contributed by atoms with van der Waals surface area (Å²) in [6.45, 7) is 1.91. The zero-order valence-corrected chi connectivity index (χ0v) is 14.3. The van der Waals surface area contributed by atoms with E-state index in [1.807, 2.05) is 67.6 Å². The van der Waals surface area contributed by atoms with E-state index in [1.54, 1.807) is 0 Å². The van der Waals surface area contributed by atoms with E-state index < -0.39 is 18.0 Å². The van der Waals surface area contributed by atoms with Crippen molar-refractivity contribution in [2.75, 3.05) is 0 Å². The third kappa shape index (κ3) is 6.67. The van der Waals surface area contributed by atoms with Gasteiger partial charge in [0.15, 0.2) is 0 Å². The number of hydrogen-bond donors (Lipinski definition) is 3. The molecule has 0 aliphatic rings. The summed E-state index contributed by atoms with van der Waals surface area (Å²) in [4.78, 5) is 23.5. The van der Waals surface area contributed by atoms with Crippen LogP contribution in [0.2, 0.25) is 0 Å². The number of carbonyl (C=O) groups is 2. The zero-order chi connectivity index (χ0) is 18.1. The van der Waals surface area contributed by atoms with Crippen molar-refractivity contribution >= 4 is 12.0 Å². The lowest BCUT2D eigenvalue weighted by molar-refractivity contribution is -0.139.